The van der Waals surface area contributed by atoms with E-state index < -0.39 is 0 Å². The maximum Gasteiger partial charge on any atom is 0.128 e. The van der Waals surface area contributed by atoms with Crippen LogP contribution in [0, 0.1) is 0 Å². The number of rotatable bonds is 5. The number of benzene rings is 2. The highest BCUT2D eigenvalue weighted by Crippen LogP contribution is 2.30. The van der Waals surface area contributed by atoms with E-state index in [2.05, 4.69) is 49.7 Å². The van der Waals surface area contributed by atoms with Gasteiger partial charge >= 0.3 is 0 Å². The summed E-state index contributed by atoms with van der Waals surface area (Å²) >= 11 is 0. The average Bonchev–Trinajstić information content (AvgIpc) is 3.22. The Hall–Kier alpha value is -3.38. The van der Waals surface area contributed by atoms with Crippen molar-refractivity contribution in [1.29, 1.82) is 0 Å². The van der Waals surface area contributed by atoms with E-state index >= 15 is 0 Å². The number of aromatic amines is 1. The molecule has 1 aliphatic heterocycles. The Labute approximate surface area is 169 Å². The lowest BCUT2D eigenvalue weighted by molar-refractivity contribution is 0.306. The van der Waals surface area contributed by atoms with E-state index in [0.29, 0.717) is 6.61 Å². The molecular weight excluding hydrogens is 362 g/mol. The van der Waals surface area contributed by atoms with Crippen LogP contribution in [0.25, 0.3) is 22.2 Å². The minimum Gasteiger partial charge on any atom is -0.489 e. The largest absolute Gasteiger partial charge is 0.489 e. The van der Waals surface area contributed by atoms with Crippen LogP contribution in [0.5, 0.6) is 5.75 Å². The van der Waals surface area contributed by atoms with Gasteiger partial charge in [0.15, 0.2) is 0 Å². The molecule has 5 rings (SSSR count). The minimum atomic E-state index is 0.542. The first-order valence-electron chi connectivity index (χ1n) is 9.94. The van der Waals surface area contributed by atoms with Gasteiger partial charge in [-0.2, -0.15) is 5.10 Å². The van der Waals surface area contributed by atoms with Crippen LogP contribution >= 0.6 is 0 Å². The summed E-state index contributed by atoms with van der Waals surface area (Å²) < 4.78 is 5.99. The van der Waals surface area contributed by atoms with Crippen molar-refractivity contribution in [3.63, 3.8) is 0 Å². The first-order valence-corrected chi connectivity index (χ1v) is 9.94. The number of hydrogen-bond acceptors (Lipinski definition) is 5. The summed E-state index contributed by atoms with van der Waals surface area (Å²) in [6.07, 6.45) is 1.91. The number of nitrogens with zero attached hydrogens (tertiary/aromatic N) is 3. The van der Waals surface area contributed by atoms with Crippen LogP contribution in [-0.4, -0.2) is 41.4 Å². The molecule has 3 heterocycles. The Morgan fingerprint density at radius 2 is 1.83 bits per heavy atom. The van der Waals surface area contributed by atoms with Crippen LogP contribution in [-0.2, 0) is 6.61 Å². The van der Waals surface area contributed by atoms with E-state index in [9.17, 15) is 0 Å². The third kappa shape index (κ3) is 3.79. The molecule has 6 nitrogen and oxygen atoms in total. The highest BCUT2D eigenvalue weighted by molar-refractivity contribution is 5.93. The molecule has 0 saturated carbocycles. The predicted octanol–water partition coefficient (Wildman–Crippen LogP) is 3.61. The van der Waals surface area contributed by atoms with Crippen molar-refractivity contribution < 1.29 is 4.74 Å². The van der Waals surface area contributed by atoms with Gasteiger partial charge in [0.1, 0.15) is 23.9 Å². The molecule has 29 heavy (non-hydrogen) atoms. The molecule has 1 fully saturated rings. The number of aromatic nitrogens is 3. The number of anilines is 1. The van der Waals surface area contributed by atoms with Crippen molar-refractivity contribution in [1.82, 2.24) is 20.5 Å². The van der Waals surface area contributed by atoms with Crippen molar-refractivity contribution in [3.8, 4) is 17.0 Å². The summed E-state index contributed by atoms with van der Waals surface area (Å²) in [7, 11) is 0. The van der Waals surface area contributed by atoms with Gasteiger partial charge < -0.3 is 15.0 Å². The van der Waals surface area contributed by atoms with Crippen molar-refractivity contribution in [2.45, 2.75) is 6.61 Å². The van der Waals surface area contributed by atoms with E-state index in [1.807, 2.05) is 42.6 Å². The lowest BCUT2D eigenvalue weighted by atomic mass is 10.1. The second-order valence-corrected chi connectivity index (χ2v) is 7.20. The van der Waals surface area contributed by atoms with Gasteiger partial charge in [0.25, 0.3) is 0 Å². The van der Waals surface area contributed by atoms with Crippen molar-refractivity contribution in [2.75, 3.05) is 31.1 Å². The molecule has 1 aliphatic rings. The summed E-state index contributed by atoms with van der Waals surface area (Å²) in [4.78, 5) is 6.98. The number of piperazine rings is 1. The number of H-pyrrole nitrogens is 1. The molecule has 1 saturated heterocycles. The van der Waals surface area contributed by atoms with Gasteiger partial charge in [-0.15, -0.1) is 0 Å². The summed E-state index contributed by atoms with van der Waals surface area (Å²) in [6.45, 7) is 4.51. The van der Waals surface area contributed by atoms with E-state index in [4.69, 9.17) is 4.74 Å². The second kappa shape index (κ2) is 7.93. The third-order valence-corrected chi connectivity index (χ3v) is 5.24. The lowest BCUT2D eigenvalue weighted by Gasteiger charge is -2.28. The molecule has 0 amide bonds. The number of fused-ring (bicyclic) bond motifs is 1. The second-order valence-electron chi connectivity index (χ2n) is 7.20. The zero-order chi connectivity index (χ0) is 19.5. The van der Waals surface area contributed by atoms with Crippen molar-refractivity contribution in [2.24, 2.45) is 0 Å². The normalized spacial score (nSPS) is 14.3. The summed E-state index contributed by atoms with van der Waals surface area (Å²) in [6, 6.07) is 20.4. The van der Waals surface area contributed by atoms with Crippen LogP contribution < -0.4 is 15.0 Å². The fourth-order valence-electron chi connectivity index (χ4n) is 3.65. The van der Waals surface area contributed by atoms with Crippen LogP contribution in [0.3, 0.4) is 0 Å². The molecular formula is C23H23N5O. The number of ether oxygens (including phenoxy) is 1. The van der Waals surface area contributed by atoms with Gasteiger partial charge in [0.05, 0.1) is 5.52 Å². The summed E-state index contributed by atoms with van der Waals surface area (Å²) in [5, 5.41) is 12.0. The highest BCUT2D eigenvalue weighted by Gasteiger charge is 2.14. The molecule has 0 atom stereocenters. The molecule has 2 aromatic heterocycles. The molecule has 0 spiro atoms. The first-order chi connectivity index (χ1) is 14.4. The molecule has 2 aromatic carbocycles. The number of pyridine rings is 1. The molecule has 0 radical (unpaired) electrons. The fraction of sp³-hybridized carbons (Fsp3) is 0.217. The topological polar surface area (TPSA) is 66.1 Å². The van der Waals surface area contributed by atoms with E-state index in [-0.39, 0.29) is 0 Å². The standard InChI is InChI=1S/C23H23N5O/c1-2-4-17(5-3-1)16-29-19-7-8-21-20(14-19)23(27-26-21)18-6-9-22(25-15-18)28-12-10-24-11-13-28/h1-9,14-15,24H,10-13,16H2,(H,26,27). The predicted molar refractivity (Wildman–Crippen MR) is 115 cm³/mol. The quantitative estimate of drug-likeness (QED) is 0.549. The average molecular weight is 385 g/mol. The Balaban J connectivity index is 1.38. The molecule has 0 unspecified atom stereocenters. The lowest BCUT2D eigenvalue weighted by Crippen LogP contribution is -2.43. The Kier molecular flexibility index (Phi) is 4.84. The zero-order valence-corrected chi connectivity index (χ0v) is 16.1. The number of nitrogens with one attached hydrogen (secondary N) is 2. The molecule has 4 aromatic rings. The van der Waals surface area contributed by atoms with Crippen LogP contribution in [0.4, 0.5) is 5.82 Å². The van der Waals surface area contributed by atoms with Crippen LogP contribution in [0.2, 0.25) is 0 Å². The van der Waals surface area contributed by atoms with Gasteiger partial charge in [-0.3, -0.25) is 5.10 Å². The van der Waals surface area contributed by atoms with Crippen molar-refractivity contribution >= 4 is 16.7 Å². The highest BCUT2D eigenvalue weighted by atomic mass is 16.5. The first kappa shape index (κ1) is 17.7. The van der Waals surface area contributed by atoms with Gasteiger partial charge in [0.2, 0.25) is 0 Å². The van der Waals surface area contributed by atoms with Crippen molar-refractivity contribution in [3.05, 3.63) is 72.4 Å². The van der Waals surface area contributed by atoms with Crippen LogP contribution in [0.15, 0.2) is 66.9 Å². The Bertz CT molecular complexity index is 1090. The summed E-state index contributed by atoms with van der Waals surface area (Å²) in [5.74, 6) is 1.84. The smallest absolute Gasteiger partial charge is 0.128 e. The third-order valence-electron chi connectivity index (χ3n) is 5.24. The molecule has 0 aliphatic carbocycles. The monoisotopic (exact) mass is 385 g/mol. The minimum absolute atomic E-state index is 0.542. The molecule has 6 heteroatoms. The molecule has 146 valence electrons. The maximum absolute atomic E-state index is 5.99. The molecule has 2 N–H and O–H groups in total. The number of hydrogen-bond donors (Lipinski definition) is 2. The Morgan fingerprint density at radius 1 is 0.966 bits per heavy atom. The van der Waals surface area contributed by atoms with E-state index in [1.165, 1.54) is 0 Å². The molecule has 0 bridgehead atoms. The summed E-state index contributed by atoms with van der Waals surface area (Å²) in [5.41, 5.74) is 4.02. The van der Waals surface area contributed by atoms with E-state index in [0.717, 1.165) is 65.5 Å². The zero-order valence-electron chi connectivity index (χ0n) is 16.1. The van der Waals surface area contributed by atoms with Gasteiger partial charge in [-0.1, -0.05) is 30.3 Å². The fourth-order valence-corrected chi connectivity index (χ4v) is 3.65. The van der Waals surface area contributed by atoms with E-state index in [1.54, 1.807) is 0 Å². The Morgan fingerprint density at radius 3 is 2.62 bits per heavy atom. The SMILES string of the molecule is c1ccc(COc2ccc3[nH]nc(-c4ccc(N5CCNCC5)nc4)c3c2)cc1. The van der Waals surface area contributed by atoms with Crippen LogP contribution in [0.1, 0.15) is 5.56 Å². The van der Waals surface area contributed by atoms with Gasteiger partial charge in [-0.25, -0.2) is 4.98 Å². The maximum atomic E-state index is 5.99. The van der Waals surface area contributed by atoms with Gasteiger partial charge in [-0.05, 0) is 35.9 Å². The van der Waals surface area contributed by atoms with Gasteiger partial charge in [0, 0.05) is 43.3 Å².